The summed E-state index contributed by atoms with van der Waals surface area (Å²) >= 11 is 0. The first-order chi connectivity index (χ1) is 11.2. The van der Waals surface area contributed by atoms with E-state index in [0.29, 0.717) is 17.2 Å². The summed E-state index contributed by atoms with van der Waals surface area (Å²) in [6.07, 6.45) is 0. The number of nitrogens with two attached hydrogens (primary N) is 1. The second kappa shape index (κ2) is 5.17. The molecule has 6 heteroatoms. The van der Waals surface area contributed by atoms with Gasteiger partial charge < -0.3 is 24.8 Å². The third-order valence-electron chi connectivity index (χ3n) is 4.21. The van der Waals surface area contributed by atoms with Crippen LogP contribution >= 0.6 is 0 Å². The minimum absolute atomic E-state index is 0.110. The molecular weight excluding hydrogens is 296 g/mol. The van der Waals surface area contributed by atoms with Crippen LogP contribution in [0.5, 0.6) is 17.2 Å². The molecule has 2 heterocycles. The van der Waals surface area contributed by atoms with Crippen molar-refractivity contribution >= 4 is 11.6 Å². The summed E-state index contributed by atoms with van der Waals surface area (Å²) in [6.45, 7) is 0.216. The van der Waals surface area contributed by atoms with Crippen LogP contribution in [0.25, 0.3) is 0 Å². The van der Waals surface area contributed by atoms with Crippen molar-refractivity contribution in [3.05, 3.63) is 48.0 Å². The van der Waals surface area contributed by atoms with Crippen LogP contribution in [0, 0.1) is 0 Å². The minimum atomic E-state index is -0.568. The van der Waals surface area contributed by atoms with E-state index in [2.05, 4.69) is 0 Å². The van der Waals surface area contributed by atoms with Gasteiger partial charge in [0.2, 0.25) is 12.7 Å². The number of hydrogen-bond donors (Lipinski definition) is 1. The van der Waals surface area contributed by atoms with Crippen LogP contribution in [0.1, 0.15) is 11.6 Å². The number of amides is 1. The van der Waals surface area contributed by atoms with E-state index < -0.39 is 6.04 Å². The van der Waals surface area contributed by atoms with Crippen LogP contribution in [0.15, 0.2) is 42.5 Å². The van der Waals surface area contributed by atoms with Gasteiger partial charge in [-0.05, 0) is 29.8 Å². The van der Waals surface area contributed by atoms with Crippen LogP contribution in [0.3, 0.4) is 0 Å². The molecule has 0 saturated carbocycles. The van der Waals surface area contributed by atoms with E-state index in [9.17, 15) is 4.79 Å². The number of anilines is 1. The highest BCUT2D eigenvalue weighted by atomic mass is 16.7. The summed E-state index contributed by atoms with van der Waals surface area (Å²) in [5, 5.41) is 0. The molecule has 0 aromatic heterocycles. The number of nitrogens with zero attached hydrogens (tertiary/aromatic N) is 1. The lowest BCUT2D eigenvalue weighted by Gasteiger charge is -2.45. The number of benzene rings is 2. The number of β-lactam (4-membered cyclic amide) rings is 1. The van der Waals surface area contributed by atoms with Gasteiger partial charge in [0.25, 0.3) is 0 Å². The number of methoxy groups -OCH3 is 1. The summed E-state index contributed by atoms with van der Waals surface area (Å²) in [5.74, 6) is 1.97. The third kappa shape index (κ3) is 2.10. The Morgan fingerprint density at radius 1 is 1.17 bits per heavy atom. The van der Waals surface area contributed by atoms with Crippen molar-refractivity contribution in [3.63, 3.8) is 0 Å². The molecule has 2 aliphatic heterocycles. The first-order valence-electron chi connectivity index (χ1n) is 7.31. The quantitative estimate of drug-likeness (QED) is 0.875. The van der Waals surface area contributed by atoms with Crippen molar-refractivity contribution in [3.8, 4) is 17.2 Å². The normalized spacial score (nSPS) is 22.0. The van der Waals surface area contributed by atoms with Crippen molar-refractivity contribution in [2.75, 3.05) is 18.8 Å². The minimum Gasteiger partial charge on any atom is -0.497 e. The molecule has 1 saturated heterocycles. The SMILES string of the molecule is COc1cccc(N2C(=O)[C@H](N)[C@@H]2c2ccc3c(c2)OCO3)c1. The standard InChI is InChI=1S/C17H16N2O4/c1-21-12-4-2-3-11(8-12)19-16(15(18)17(19)20)10-5-6-13-14(7-10)23-9-22-13/h2-8,15-16H,9,18H2,1H3/t15-,16+/m1/s1. The molecule has 6 nitrogen and oxygen atoms in total. The molecule has 2 aliphatic rings. The van der Waals surface area contributed by atoms with Gasteiger partial charge in [0.1, 0.15) is 11.8 Å². The monoisotopic (exact) mass is 312 g/mol. The van der Waals surface area contributed by atoms with Crippen molar-refractivity contribution in [2.24, 2.45) is 5.73 Å². The summed E-state index contributed by atoms with van der Waals surface area (Å²) < 4.78 is 16.0. The summed E-state index contributed by atoms with van der Waals surface area (Å²) in [6, 6.07) is 12.2. The van der Waals surface area contributed by atoms with Crippen LogP contribution in [-0.2, 0) is 4.79 Å². The second-order valence-electron chi connectivity index (χ2n) is 5.49. The smallest absolute Gasteiger partial charge is 0.247 e. The predicted molar refractivity (Wildman–Crippen MR) is 83.8 cm³/mol. The average Bonchev–Trinajstić information content (AvgIpc) is 3.06. The maximum atomic E-state index is 12.3. The van der Waals surface area contributed by atoms with E-state index in [-0.39, 0.29) is 18.7 Å². The molecule has 2 aromatic carbocycles. The zero-order chi connectivity index (χ0) is 16.0. The van der Waals surface area contributed by atoms with Gasteiger partial charge >= 0.3 is 0 Å². The maximum absolute atomic E-state index is 12.3. The summed E-state index contributed by atoms with van der Waals surface area (Å²) in [7, 11) is 1.60. The van der Waals surface area contributed by atoms with Gasteiger partial charge in [0.05, 0.1) is 13.2 Å². The highest BCUT2D eigenvalue weighted by Crippen LogP contribution is 2.42. The molecule has 1 fully saturated rings. The Morgan fingerprint density at radius 2 is 2.00 bits per heavy atom. The van der Waals surface area contributed by atoms with E-state index in [1.807, 2.05) is 42.5 Å². The molecule has 2 aromatic rings. The van der Waals surface area contributed by atoms with Gasteiger partial charge in [-0.15, -0.1) is 0 Å². The van der Waals surface area contributed by atoms with Gasteiger partial charge in [0, 0.05) is 11.8 Å². The molecular formula is C17H16N2O4. The lowest BCUT2D eigenvalue weighted by molar-refractivity contribution is -0.126. The molecule has 0 spiro atoms. The van der Waals surface area contributed by atoms with Crippen LogP contribution in [-0.4, -0.2) is 25.9 Å². The van der Waals surface area contributed by atoms with E-state index in [4.69, 9.17) is 19.9 Å². The van der Waals surface area contributed by atoms with Crippen LogP contribution in [0.4, 0.5) is 5.69 Å². The van der Waals surface area contributed by atoms with E-state index in [1.54, 1.807) is 12.0 Å². The first-order valence-corrected chi connectivity index (χ1v) is 7.31. The summed E-state index contributed by atoms with van der Waals surface area (Å²) in [5.41, 5.74) is 7.73. The molecule has 2 atom stereocenters. The Hall–Kier alpha value is -2.73. The van der Waals surface area contributed by atoms with Gasteiger partial charge in [0.15, 0.2) is 11.5 Å². The topological polar surface area (TPSA) is 74.0 Å². The number of ether oxygens (including phenoxy) is 3. The maximum Gasteiger partial charge on any atom is 0.247 e. The van der Waals surface area contributed by atoms with Crippen molar-refractivity contribution in [1.29, 1.82) is 0 Å². The molecule has 4 rings (SSSR count). The lowest BCUT2D eigenvalue weighted by atomic mass is 9.88. The predicted octanol–water partition coefficient (Wildman–Crippen LogP) is 1.84. The van der Waals surface area contributed by atoms with E-state index >= 15 is 0 Å². The first kappa shape index (κ1) is 13.9. The Morgan fingerprint density at radius 3 is 2.83 bits per heavy atom. The molecule has 1 amide bonds. The average molecular weight is 312 g/mol. The number of hydrogen-bond acceptors (Lipinski definition) is 5. The van der Waals surface area contributed by atoms with Gasteiger partial charge in [-0.1, -0.05) is 12.1 Å². The Kier molecular flexibility index (Phi) is 3.12. The number of carbonyl (C=O) groups is 1. The number of rotatable bonds is 3. The Bertz CT molecular complexity index is 777. The number of fused-ring (bicyclic) bond motifs is 1. The zero-order valence-electron chi connectivity index (χ0n) is 12.6. The van der Waals surface area contributed by atoms with Crippen molar-refractivity contribution < 1.29 is 19.0 Å². The lowest BCUT2D eigenvalue weighted by Crippen LogP contribution is -2.63. The molecule has 0 bridgehead atoms. The molecule has 0 radical (unpaired) electrons. The molecule has 0 aliphatic carbocycles. The fourth-order valence-corrected chi connectivity index (χ4v) is 3.01. The largest absolute Gasteiger partial charge is 0.497 e. The number of carbonyl (C=O) groups excluding carboxylic acids is 1. The Labute approximate surface area is 133 Å². The fourth-order valence-electron chi connectivity index (χ4n) is 3.01. The van der Waals surface area contributed by atoms with E-state index in [0.717, 1.165) is 11.3 Å². The third-order valence-corrected chi connectivity index (χ3v) is 4.21. The zero-order valence-corrected chi connectivity index (χ0v) is 12.6. The molecule has 23 heavy (non-hydrogen) atoms. The van der Waals surface area contributed by atoms with E-state index in [1.165, 1.54) is 0 Å². The van der Waals surface area contributed by atoms with Crippen LogP contribution < -0.4 is 24.8 Å². The van der Waals surface area contributed by atoms with Crippen LogP contribution in [0.2, 0.25) is 0 Å². The molecule has 2 N–H and O–H groups in total. The van der Waals surface area contributed by atoms with Crippen molar-refractivity contribution in [2.45, 2.75) is 12.1 Å². The molecule has 0 unspecified atom stereocenters. The highest BCUT2D eigenvalue weighted by Gasteiger charge is 2.47. The fraction of sp³-hybridized carbons (Fsp3) is 0.235. The molecule has 118 valence electrons. The van der Waals surface area contributed by atoms with Gasteiger partial charge in [-0.2, -0.15) is 0 Å². The Balaban J connectivity index is 1.70. The highest BCUT2D eigenvalue weighted by molar-refractivity contribution is 6.05. The van der Waals surface area contributed by atoms with Gasteiger partial charge in [-0.25, -0.2) is 0 Å². The van der Waals surface area contributed by atoms with Crippen molar-refractivity contribution in [1.82, 2.24) is 0 Å². The van der Waals surface area contributed by atoms with Gasteiger partial charge in [-0.3, -0.25) is 4.79 Å². The second-order valence-corrected chi connectivity index (χ2v) is 5.49. The summed E-state index contributed by atoms with van der Waals surface area (Å²) in [4.78, 5) is 14.0.